The van der Waals surface area contributed by atoms with Gasteiger partial charge in [0.05, 0.1) is 0 Å². The molecule has 0 saturated heterocycles. The molecular weight excluding hydrogens is 324 g/mol. The minimum Gasteiger partial charge on any atom is -0.360 e. The lowest BCUT2D eigenvalue weighted by Gasteiger charge is -2.08. The van der Waals surface area contributed by atoms with E-state index in [1.807, 2.05) is 30.3 Å². The maximum atomic E-state index is 12.6. The molecule has 3 rings (SSSR count). The van der Waals surface area contributed by atoms with Crippen LogP contribution in [0.5, 0.6) is 0 Å². The fourth-order valence-corrected chi connectivity index (χ4v) is 2.91. The number of aryl methyl sites for hydroxylation is 1. The van der Waals surface area contributed by atoms with Gasteiger partial charge in [0.2, 0.25) is 0 Å². The van der Waals surface area contributed by atoms with E-state index in [0.29, 0.717) is 29.5 Å². The topological polar surface area (TPSA) is 55.1 Å². The largest absolute Gasteiger partial charge is 0.360 e. The fourth-order valence-electron chi connectivity index (χ4n) is 2.91. The summed E-state index contributed by atoms with van der Waals surface area (Å²) in [5.41, 5.74) is 4.50. The molecule has 1 N–H and O–H groups in total. The van der Waals surface area contributed by atoms with Crippen molar-refractivity contribution in [2.45, 2.75) is 33.1 Å². The molecule has 1 aromatic heterocycles. The van der Waals surface area contributed by atoms with Crippen molar-refractivity contribution in [2.75, 3.05) is 6.54 Å². The van der Waals surface area contributed by atoms with Crippen molar-refractivity contribution in [3.63, 3.8) is 0 Å². The van der Waals surface area contributed by atoms with Gasteiger partial charge in [0, 0.05) is 12.1 Å². The van der Waals surface area contributed by atoms with Crippen molar-refractivity contribution in [3.8, 4) is 11.3 Å². The van der Waals surface area contributed by atoms with Crippen molar-refractivity contribution in [2.24, 2.45) is 0 Å². The van der Waals surface area contributed by atoms with Crippen molar-refractivity contribution < 1.29 is 9.32 Å². The Morgan fingerprint density at radius 2 is 1.77 bits per heavy atom. The van der Waals surface area contributed by atoms with Gasteiger partial charge in [-0.1, -0.05) is 73.6 Å². The quantitative estimate of drug-likeness (QED) is 0.699. The van der Waals surface area contributed by atoms with Crippen molar-refractivity contribution in [1.82, 2.24) is 10.5 Å². The van der Waals surface area contributed by atoms with Gasteiger partial charge in [-0.2, -0.15) is 0 Å². The van der Waals surface area contributed by atoms with Crippen molar-refractivity contribution in [3.05, 3.63) is 77.0 Å². The van der Waals surface area contributed by atoms with Crippen LogP contribution in [0.4, 0.5) is 0 Å². The number of benzene rings is 2. The zero-order valence-electron chi connectivity index (χ0n) is 15.5. The van der Waals surface area contributed by atoms with Crippen LogP contribution in [-0.2, 0) is 6.42 Å². The van der Waals surface area contributed by atoms with E-state index in [0.717, 1.165) is 12.0 Å². The monoisotopic (exact) mass is 348 g/mol. The smallest absolute Gasteiger partial charge is 0.257 e. The predicted molar refractivity (Wildman–Crippen MR) is 103 cm³/mol. The first-order valence-electron chi connectivity index (χ1n) is 8.95. The van der Waals surface area contributed by atoms with Gasteiger partial charge in [-0.3, -0.25) is 4.79 Å². The van der Waals surface area contributed by atoms with Crippen LogP contribution < -0.4 is 5.32 Å². The first-order valence-corrected chi connectivity index (χ1v) is 8.95. The third-order valence-corrected chi connectivity index (χ3v) is 4.48. The summed E-state index contributed by atoms with van der Waals surface area (Å²) >= 11 is 0. The molecule has 2 aromatic carbocycles. The molecule has 0 aliphatic rings. The van der Waals surface area contributed by atoms with E-state index in [9.17, 15) is 4.79 Å². The summed E-state index contributed by atoms with van der Waals surface area (Å²) in [6, 6.07) is 18.2. The minimum absolute atomic E-state index is 0.151. The van der Waals surface area contributed by atoms with Gasteiger partial charge >= 0.3 is 0 Å². The van der Waals surface area contributed by atoms with Crippen molar-refractivity contribution >= 4 is 5.91 Å². The maximum absolute atomic E-state index is 12.6. The third-order valence-electron chi connectivity index (χ3n) is 4.48. The molecule has 1 amide bonds. The summed E-state index contributed by atoms with van der Waals surface area (Å²) in [5.74, 6) is 0.903. The number of nitrogens with one attached hydrogen (secondary N) is 1. The molecule has 0 aliphatic carbocycles. The lowest BCUT2D eigenvalue weighted by molar-refractivity contribution is 0.0953. The first kappa shape index (κ1) is 17.9. The number of aromatic nitrogens is 1. The molecule has 0 spiro atoms. The van der Waals surface area contributed by atoms with Gasteiger partial charge in [-0.05, 0) is 30.4 Å². The van der Waals surface area contributed by atoms with Gasteiger partial charge < -0.3 is 9.84 Å². The van der Waals surface area contributed by atoms with Gasteiger partial charge in [0.1, 0.15) is 17.0 Å². The average molecular weight is 348 g/mol. The molecule has 1 heterocycles. The number of rotatable bonds is 6. The maximum Gasteiger partial charge on any atom is 0.257 e. The molecule has 0 atom stereocenters. The highest BCUT2D eigenvalue weighted by molar-refractivity contribution is 6.00. The van der Waals surface area contributed by atoms with Gasteiger partial charge in [-0.25, -0.2) is 0 Å². The van der Waals surface area contributed by atoms with E-state index in [-0.39, 0.29) is 5.91 Å². The Bertz CT molecular complexity index is 865. The van der Waals surface area contributed by atoms with Gasteiger partial charge in [0.15, 0.2) is 0 Å². The van der Waals surface area contributed by atoms with Gasteiger partial charge in [-0.15, -0.1) is 0 Å². The van der Waals surface area contributed by atoms with Crippen LogP contribution in [0.25, 0.3) is 11.3 Å². The number of carbonyl (C=O) groups excluding carboxylic acids is 1. The first-order chi connectivity index (χ1) is 12.6. The SMILES string of the molecule is Cc1onc(-c2ccccc2)c1C(=O)NCCc1ccc(C(C)C)cc1. The Labute approximate surface area is 154 Å². The molecule has 0 saturated carbocycles. The highest BCUT2D eigenvalue weighted by Crippen LogP contribution is 2.24. The summed E-state index contributed by atoms with van der Waals surface area (Å²) in [6.07, 6.45) is 0.787. The van der Waals surface area contributed by atoms with E-state index in [1.54, 1.807) is 6.92 Å². The molecule has 0 radical (unpaired) electrons. The molecule has 0 fully saturated rings. The van der Waals surface area contributed by atoms with E-state index in [2.05, 4.69) is 48.6 Å². The second kappa shape index (κ2) is 8.00. The summed E-state index contributed by atoms with van der Waals surface area (Å²) in [5, 5.41) is 7.05. The van der Waals surface area contributed by atoms with Crippen LogP contribution in [-0.4, -0.2) is 17.6 Å². The second-order valence-electron chi connectivity index (χ2n) is 6.73. The molecule has 3 aromatic rings. The second-order valence-corrected chi connectivity index (χ2v) is 6.73. The van der Waals surface area contributed by atoms with Crippen LogP contribution in [0.3, 0.4) is 0 Å². The lowest BCUT2D eigenvalue weighted by Crippen LogP contribution is -2.26. The summed E-state index contributed by atoms with van der Waals surface area (Å²) in [6.45, 7) is 6.69. The lowest BCUT2D eigenvalue weighted by atomic mass is 10.0. The number of amides is 1. The number of hydrogen-bond acceptors (Lipinski definition) is 3. The van der Waals surface area contributed by atoms with Crippen LogP contribution >= 0.6 is 0 Å². The fraction of sp³-hybridized carbons (Fsp3) is 0.273. The van der Waals surface area contributed by atoms with Crippen LogP contribution in [0, 0.1) is 6.92 Å². The third kappa shape index (κ3) is 4.02. The Morgan fingerprint density at radius 3 is 2.42 bits per heavy atom. The summed E-state index contributed by atoms with van der Waals surface area (Å²) in [4.78, 5) is 12.6. The summed E-state index contributed by atoms with van der Waals surface area (Å²) in [7, 11) is 0. The molecule has 0 bridgehead atoms. The molecule has 0 aliphatic heterocycles. The van der Waals surface area contributed by atoms with E-state index in [1.165, 1.54) is 11.1 Å². The molecule has 134 valence electrons. The Morgan fingerprint density at radius 1 is 1.08 bits per heavy atom. The van der Waals surface area contributed by atoms with Crippen LogP contribution in [0.15, 0.2) is 59.1 Å². The summed E-state index contributed by atoms with van der Waals surface area (Å²) < 4.78 is 5.26. The van der Waals surface area contributed by atoms with Crippen LogP contribution in [0.1, 0.15) is 47.0 Å². The number of nitrogens with zero attached hydrogens (tertiary/aromatic N) is 1. The molecular formula is C22H24N2O2. The van der Waals surface area contributed by atoms with E-state index in [4.69, 9.17) is 4.52 Å². The Balaban J connectivity index is 1.65. The average Bonchev–Trinajstić information content (AvgIpc) is 3.04. The number of hydrogen-bond donors (Lipinski definition) is 1. The number of carbonyl (C=O) groups is 1. The zero-order valence-corrected chi connectivity index (χ0v) is 15.5. The Kier molecular flexibility index (Phi) is 5.52. The normalized spacial score (nSPS) is 10.9. The van der Waals surface area contributed by atoms with E-state index < -0.39 is 0 Å². The van der Waals surface area contributed by atoms with Crippen molar-refractivity contribution in [1.29, 1.82) is 0 Å². The molecule has 4 heteroatoms. The highest BCUT2D eigenvalue weighted by atomic mass is 16.5. The molecule has 0 unspecified atom stereocenters. The standard InChI is InChI=1S/C22H24N2O2/c1-15(2)18-11-9-17(10-12-18)13-14-23-22(25)20-16(3)26-24-21(20)19-7-5-4-6-8-19/h4-12,15H,13-14H2,1-3H3,(H,23,25). The Hall–Kier alpha value is -2.88. The molecule has 26 heavy (non-hydrogen) atoms. The predicted octanol–water partition coefficient (Wildman–Crippen LogP) is 4.75. The minimum atomic E-state index is -0.151. The zero-order chi connectivity index (χ0) is 18.5. The van der Waals surface area contributed by atoms with Gasteiger partial charge in [0.25, 0.3) is 5.91 Å². The molecule has 4 nitrogen and oxygen atoms in total. The van der Waals surface area contributed by atoms with Crippen LogP contribution in [0.2, 0.25) is 0 Å². The van der Waals surface area contributed by atoms with E-state index >= 15 is 0 Å². The highest BCUT2D eigenvalue weighted by Gasteiger charge is 2.21.